The molecule has 0 saturated carbocycles. The number of carbonyl (C=O) groups is 2. The monoisotopic (exact) mass is 356 g/mol. The SMILES string of the molecule is COc1cccc(C(=O)N2CCN(c3cc(C)ccc3F)C(=O)[C@H]2C)c1. The summed E-state index contributed by atoms with van der Waals surface area (Å²) in [5.74, 6) is -0.398. The minimum absolute atomic E-state index is 0.242. The van der Waals surface area contributed by atoms with E-state index in [-0.39, 0.29) is 24.0 Å². The van der Waals surface area contributed by atoms with Crippen LogP contribution in [0.2, 0.25) is 0 Å². The van der Waals surface area contributed by atoms with Crippen LogP contribution >= 0.6 is 0 Å². The highest BCUT2D eigenvalue weighted by atomic mass is 19.1. The maximum atomic E-state index is 14.2. The summed E-state index contributed by atoms with van der Waals surface area (Å²) in [5, 5.41) is 0. The van der Waals surface area contributed by atoms with Crippen LogP contribution in [0.15, 0.2) is 42.5 Å². The molecule has 5 nitrogen and oxygen atoms in total. The van der Waals surface area contributed by atoms with Gasteiger partial charge in [-0.1, -0.05) is 12.1 Å². The Labute approximate surface area is 152 Å². The van der Waals surface area contributed by atoms with E-state index in [1.165, 1.54) is 23.0 Å². The van der Waals surface area contributed by atoms with Crippen LogP contribution in [0.4, 0.5) is 10.1 Å². The number of halogens is 1. The molecule has 2 aromatic carbocycles. The van der Waals surface area contributed by atoms with E-state index >= 15 is 0 Å². The molecule has 1 heterocycles. The van der Waals surface area contributed by atoms with Crippen molar-refractivity contribution in [2.24, 2.45) is 0 Å². The molecular formula is C20H21FN2O3. The molecule has 2 amide bonds. The molecular weight excluding hydrogens is 335 g/mol. The third kappa shape index (κ3) is 3.27. The topological polar surface area (TPSA) is 49.9 Å². The van der Waals surface area contributed by atoms with Crippen molar-refractivity contribution >= 4 is 17.5 Å². The summed E-state index contributed by atoms with van der Waals surface area (Å²) >= 11 is 0. The maximum absolute atomic E-state index is 14.2. The van der Waals surface area contributed by atoms with Crippen LogP contribution < -0.4 is 9.64 Å². The fourth-order valence-electron chi connectivity index (χ4n) is 3.14. The normalized spacial score (nSPS) is 17.4. The molecule has 1 fully saturated rings. The van der Waals surface area contributed by atoms with Crippen molar-refractivity contribution in [2.75, 3.05) is 25.1 Å². The Morgan fingerprint density at radius 2 is 1.96 bits per heavy atom. The third-order valence-corrected chi connectivity index (χ3v) is 4.63. The second-order valence-corrected chi connectivity index (χ2v) is 6.35. The van der Waals surface area contributed by atoms with Crippen LogP contribution in [-0.2, 0) is 4.79 Å². The van der Waals surface area contributed by atoms with Gasteiger partial charge in [0.05, 0.1) is 12.8 Å². The summed E-state index contributed by atoms with van der Waals surface area (Å²) in [6.07, 6.45) is 0. The third-order valence-electron chi connectivity index (χ3n) is 4.63. The number of benzene rings is 2. The van der Waals surface area contributed by atoms with E-state index in [9.17, 15) is 14.0 Å². The zero-order valence-electron chi connectivity index (χ0n) is 15.0. The van der Waals surface area contributed by atoms with Gasteiger partial charge in [-0.15, -0.1) is 0 Å². The van der Waals surface area contributed by atoms with Gasteiger partial charge in [0, 0.05) is 18.7 Å². The Balaban J connectivity index is 1.83. The Bertz CT molecular complexity index is 853. The zero-order valence-corrected chi connectivity index (χ0v) is 15.0. The van der Waals surface area contributed by atoms with Crippen molar-refractivity contribution < 1.29 is 18.7 Å². The van der Waals surface area contributed by atoms with Gasteiger partial charge in [0.2, 0.25) is 5.91 Å². The van der Waals surface area contributed by atoms with Crippen LogP contribution in [0.3, 0.4) is 0 Å². The zero-order chi connectivity index (χ0) is 18.8. The molecule has 136 valence electrons. The van der Waals surface area contributed by atoms with Crippen molar-refractivity contribution in [3.63, 3.8) is 0 Å². The summed E-state index contributed by atoms with van der Waals surface area (Å²) in [5.41, 5.74) is 1.59. The number of aryl methyl sites for hydroxylation is 1. The van der Waals surface area contributed by atoms with Crippen LogP contribution in [0, 0.1) is 12.7 Å². The first-order chi connectivity index (χ1) is 12.4. The number of ether oxygens (including phenoxy) is 1. The lowest BCUT2D eigenvalue weighted by Crippen LogP contribution is -2.58. The van der Waals surface area contributed by atoms with E-state index in [0.717, 1.165) is 5.56 Å². The number of amides is 2. The molecule has 1 aliphatic heterocycles. The standard InChI is InChI=1S/C20H21FN2O3/c1-13-7-8-17(21)18(11-13)23-10-9-22(14(2)19(23)24)20(25)15-5-4-6-16(12-15)26-3/h4-8,11-12,14H,9-10H2,1-3H3/t14-/m1/s1. The smallest absolute Gasteiger partial charge is 0.254 e. The molecule has 6 heteroatoms. The van der Waals surface area contributed by atoms with Gasteiger partial charge in [-0.05, 0) is 49.7 Å². The summed E-state index contributed by atoms with van der Waals surface area (Å²) in [6.45, 7) is 4.09. The second-order valence-electron chi connectivity index (χ2n) is 6.35. The highest BCUT2D eigenvalue weighted by Gasteiger charge is 2.36. The van der Waals surface area contributed by atoms with Gasteiger partial charge in [-0.3, -0.25) is 9.59 Å². The molecule has 0 spiro atoms. The molecule has 0 N–H and O–H groups in total. The molecule has 1 atom stereocenters. The van der Waals surface area contributed by atoms with Gasteiger partial charge in [-0.25, -0.2) is 4.39 Å². The Morgan fingerprint density at radius 1 is 1.19 bits per heavy atom. The molecule has 1 saturated heterocycles. The highest BCUT2D eigenvalue weighted by Crippen LogP contribution is 2.26. The first-order valence-electron chi connectivity index (χ1n) is 8.45. The summed E-state index contributed by atoms with van der Waals surface area (Å²) in [6, 6.07) is 10.8. The van der Waals surface area contributed by atoms with E-state index in [0.29, 0.717) is 17.9 Å². The molecule has 0 radical (unpaired) electrons. The van der Waals surface area contributed by atoms with Crippen LogP contribution in [0.25, 0.3) is 0 Å². The number of carbonyl (C=O) groups excluding carboxylic acids is 2. The average molecular weight is 356 g/mol. The number of rotatable bonds is 3. The van der Waals surface area contributed by atoms with E-state index in [2.05, 4.69) is 0 Å². The Kier molecular flexibility index (Phi) is 4.93. The van der Waals surface area contributed by atoms with Crippen molar-refractivity contribution in [3.8, 4) is 5.75 Å². The van der Waals surface area contributed by atoms with Crippen LogP contribution in [0.1, 0.15) is 22.8 Å². The second kappa shape index (κ2) is 7.15. The fraction of sp³-hybridized carbons (Fsp3) is 0.300. The summed E-state index contributed by atoms with van der Waals surface area (Å²) in [7, 11) is 1.53. The Hall–Kier alpha value is -2.89. The van der Waals surface area contributed by atoms with E-state index in [1.54, 1.807) is 43.3 Å². The molecule has 3 rings (SSSR count). The van der Waals surface area contributed by atoms with E-state index < -0.39 is 11.9 Å². The fourth-order valence-corrected chi connectivity index (χ4v) is 3.14. The van der Waals surface area contributed by atoms with Crippen LogP contribution in [0.5, 0.6) is 5.75 Å². The minimum atomic E-state index is -0.678. The summed E-state index contributed by atoms with van der Waals surface area (Å²) < 4.78 is 19.3. The van der Waals surface area contributed by atoms with Crippen LogP contribution in [-0.4, -0.2) is 43.0 Å². The molecule has 0 aromatic heterocycles. The quantitative estimate of drug-likeness (QED) is 0.849. The lowest BCUT2D eigenvalue weighted by Gasteiger charge is -2.39. The maximum Gasteiger partial charge on any atom is 0.254 e. The van der Waals surface area contributed by atoms with Gasteiger partial charge >= 0.3 is 0 Å². The lowest BCUT2D eigenvalue weighted by atomic mass is 10.1. The number of hydrogen-bond donors (Lipinski definition) is 0. The first-order valence-corrected chi connectivity index (χ1v) is 8.45. The highest BCUT2D eigenvalue weighted by molar-refractivity contribution is 6.03. The van der Waals surface area contributed by atoms with Crippen molar-refractivity contribution in [1.82, 2.24) is 4.90 Å². The van der Waals surface area contributed by atoms with Crippen molar-refractivity contribution in [2.45, 2.75) is 19.9 Å². The first kappa shape index (κ1) is 17.9. The predicted molar refractivity (Wildman–Crippen MR) is 97.0 cm³/mol. The molecule has 2 aromatic rings. The predicted octanol–water partition coefficient (Wildman–Crippen LogP) is 3.02. The molecule has 1 aliphatic rings. The van der Waals surface area contributed by atoms with E-state index in [1.807, 2.05) is 6.92 Å². The minimum Gasteiger partial charge on any atom is -0.497 e. The lowest BCUT2D eigenvalue weighted by molar-refractivity contribution is -0.124. The molecule has 0 unspecified atom stereocenters. The molecule has 26 heavy (non-hydrogen) atoms. The number of piperazine rings is 1. The van der Waals surface area contributed by atoms with Gasteiger partial charge in [-0.2, -0.15) is 0 Å². The number of hydrogen-bond acceptors (Lipinski definition) is 3. The van der Waals surface area contributed by atoms with Crippen molar-refractivity contribution in [3.05, 3.63) is 59.4 Å². The van der Waals surface area contributed by atoms with Gasteiger partial charge in [0.1, 0.15) is 17.6 Å². The average Bonchev–Trinajstić information content (AvgIpc) is 2.65. The summed E-state index contributed by atoms with van der Waals surface area (Å²) in [4.78, 5) is 28.5. The van der Waals surface area contributed by atoms with E-state index in [4.69, 9.17) is 4.74 Å². The number of methoxy groups -OCH3 is 1. The van der Waals surface area contributed by atoms with Gasteiger partial charge in [0.25, 0.3) is 5.91 Å². The molecule has 0 aliphatic carbocycles. The number of anilines is 1. The Morgan fingerprint density at radius 3 is 2.69 bits per heavy atom. The number of nitrogens with zero attached hydrogens (tertiary/aromatic N) is 2. The van der Waals surface area contributed by atoms with Gasteiger partial charge in [0.15, 0.2) is 0 Å². The van der Waals surface area contributed by atoms with Gasteiger partial charge < -0.3 is 14.5 Å². The molecule has 0 bridgehead atoms. The largest absolute Gasteiger partial charge is 0.497 e. The van der Waals surface area contributed by atoms with Crippen molar-refractivity contribution in [1.29, 1.82) is 0 Å².